The van der Waals surface area contributed by atoms with Gasteiger partial charge in [-0.3, -0.25) is 0 Å². The summed E-state index contributed by atoms with van der Waals surface area (Å²) >= 11 is 0. The van der Waals surface area contributed by atoms with Gasteiger partial charge >= 0.3 is 0 Å². The van der Waals surface area contributed by atoms with Crippen molar-refractivity contribution in [2.45, 2.75) is 45.8 Å². The van der Waals surface area contributed by atoms with Gasteiger partial charge in [0.05, 0.1) is 13.2 Å². The van der Waals surface area contributed by atoms with Gasteiger partial charge in [-0.2, -0.15) is 0 Å². The van der Waals surface area contributed by atoms with Crippen LogP contribution in [0.1, 0.15) is 40.0 Å². The fraction of sp³-hybridized carbons (Fsp3) is 1.00. The molecule has 88 valence electrons. The van der Waals surface area contributed by atoms with Gasteiger partial charge in [0.25, 0.3) is 0 Å². The molecule has 2 N–H and O–H groups in total. The zero-order valence-corrected chi connectivity index (χ0v) is 10.1. The van der Waals surface area contributed by atoms with Crippen molar-refractivity contribution in [3.63, 3.8) is 0 Å². The summed E-state index contributed by atoms with van der Waals surface area (Å²) in [6.07, 6.45) is 3.10. The summed E-state index contributed by atoms with van der Waals surface area (Å²) in [6.45, 7) is 9.00. The van der Waals surface area contributed by atoms with Gasteiger partial charge in [0.2, 0.25) is 0 Å². The molecular formula is C12H23NO2. The molecule has 1 aliphatic carbocycles. The van der Waals surface area contributed by atoms with Crippen molar-refractivity contribution in [3.05, 3.63) is 0 Å². The van der Waals surface area contributed by atoms with Crippen molar-refractivity contribution in [1.29, 1.82) is 0 Å². The van der Waals surface area contributed by atoms with E-state index in [4.69, 9.17) is 15.2 Å². The summed E-state index contributed by atoms with van der Waals surface area (Å²) in [4.78, 5) is 0. The van der Waals surface area contributed by atoms with Crippen LogP contribution < -0.4 is 5.73 Å². The third-order valence-corrected chi connectivity index (χ3v) is 3.66. The molecule has 1 saturated heterocycles. The molecule has 1 heterocycles. The van der Waals surface area contributed by atoms with Crippen LogP contribution in [0.2, 0.25) is 0 Å². The second kappa shape index (κ2) is 3.44. The lowest BCUT2D eigenvalue weighted by Crippen LogP contribution is -2.50. The maximum absolute atomic E-state index is 5.90. The van der Waals surface area contributed by atoms with E-state index in [1.165, 1.54) is 0 Å². The van der Waals surface area contributed by atoms with E-state index in [9.17, 15) is 0 Å². The van der Waals surface area contributed by atoms with E-state index in [1.54, 1.807) is 0 Å². The lowest BCUT2D eigenvalue weighted by atomic mass is 9.62. The van der Waals surface area contributed by atoms with E-state index in [2.05, 4.69) is 20.8 Å². The normalized spacial score (nSPS) is 38.4. The molecule has 0 aromatic carbocycles. The molecule has 0 aromatic rings. The molecule has 2 rings (SSSR count). The summed E-state index contributed by atoms with van der Waals surface area (Å²) in [6, 6.07) is 0. The Labute approximate surface area is 92.3 Å². The zero-order chi connectivity index (χ0) is 11.2. The Morgan fingerprint density at radius 1 is 1.00 bits per heavy atom. The van der Waals surface area contributed by atoms with Gasteiger partial charge in [-0.1, -0.05) is 20.8 Å². The maximum Gasteiger partial charge on any atom is 0.169 e. The monoisotopic (exact) mass is 213 g/mol. The summed E-state index contributed by atoms with van der Waals surface area (Å²) in [5, 5.41) is 0. The predicted molar refractivity (Wildman–Crippen MR) is 59.4 cm³/mol. The van der Waals surface area contributed by atoms with Crippen molar-refractivity contribution >= 4 is 0 Å². The molecule has 15 heavy (non-hydrogen) atoms. The molecule has 0 radical (unpaired) electrons. The Hall–Kier alpha value is -0.120. The van der Waals surface area contributed by atoms with Crippen LogP contribution in [0.15, 0.2) is 0 Å². The molecular weight excluding hydrogens is 190 g/mol. The van der Waals surface area contributed by atoms with E-state index in [1.807, 2.05) is 0 Å². The average Bonchev–Trinajstić information content (AvgIpc) is 2.49. The van der Waals surface area contributed by atoms with Crippen LogP contribution in [0.3, 0.4) is 0 Å². The van der Waals surface area contributed by atoms with E-state index >= 15 is 0 Å². The Bertz CT molecular complexity index is 246. The Kier molecular flexibility index (Phi) is 2.61. The fourth-order valence-corrected chi connectivity index (χ4v) is 3.57. The van der Waals surface area contributed by atoms with Gasteiger partial charge < -0.3 is 15.2 Å². The van der Waals surface area contributed by atoms with Gasteiger partial charge in [-0.05, 0) is 23.8 Å². The highest BCUT2D eigenvalue weighted by molar-refractivity contribution is 4.97. The smallest absolute Gasteiger partial charge is 0.169 e. The van der Waals surface area contributed by atoms with E-state index in [0.29, 0.717) is 6.54 Å². The summed E-state index contributed by atoms with van der Waals surface area (Å²) < 4.78 is 11.7. The molecule has 3 nitrogen and oxygen atoms in total. The third kappa shape index (κ3) is 2.19. The van der Waals surface area contributed by atoms with E-state index < -0.39 is 0 Å². The Morgan fingerprint density at radius 2 is 1.60 bits per heavy atom. The predicted octanol–water partition coefficient (Wildman–Crippen LogP) is 1.90. The highest BCUT2D eigenvalue weighted by Crippen LogP contribution is 2.52. The molecule has 0 amide bonds. The first-order valence-electron chi connectivity index (χ1n) is 5.87. The highest BCUT2D eigenvalue weighted by atomic mass is 16.7. The molecule has 2 aliphatic rings. The highest BCUT2D eigenvalue weighted by Gasteiger charge is 2.52. The van der Waals surface area contributed by atoms with Crippen LogP contribution >= 0.6 is 0 Å². The minimum absolute atomic E-state index is 0.159. The third-order valence-electron chi connectivity index (χ3n) is 3.66. The number of hydrogen-bond donors (Lipinski definition) is 1. The number of hydrogen-bond acceptors (Lipinski definition) is 3. The molecule has 2 fully saturated rings. The topological polar surface area (TPSA) is 44.5 Å². The fourth-order valence-electron chi connectivity index (χ4n) is 3.57. The Balaban J connectivity index is 2.21. The minimum Gasteiger partial charge on any atom is -0.347 e. The molecule has 1 atom stereocenters. The van der Waals surface area contributed by atoms with Gasteiger partial charge in [0.1, 0.15) is 0 Å². The first-order chi connectivity index (χ1) is 6.89. The van der Waals surface area contributed by atoms with Crippen LogP contribution in [-0.4, -0.2) is 25.5 Å². The first-order valence-corrected chi connectivity index (χ1v) is 5.87. The van der Waals surface area contributed by atoms with Gasteiger partial charge in [-0.15, -0.1) is 0 Å². The molecule has 1 unspecified atom stereocenters. The van der Waals surface area contributed by atoms with E-state index in [-0.39, 0.29) is 16.6 Å². The molecule has 0 aromatic heterocycles. The molecule has 3 heteroatoms. The summed E-state index contributed by atoms with van der Waals surface area (Å²) in [5.74, 6) is -0.337. The second-order valence-electron chi connectivity index (χ2n) is 6.32. The van der Waals surface area contributed by atoms with Crippen molar-refractivity contribution in [1.82, 2.24) is 0 Å². The molecule has 0 bridgehead atoms. The van der Waals surface area contributed by atoms with Crippen LogP contribution in [0.4, 0.5) is 0 Å². The van der Waals surface area contributed by atoms with Crippen molar-refractivity contribution in [2.24, 2.45) is 16.6 Å². The standard InChI is InChI=1S/C12H23NO2/c1-10(2)6-11(3,9-13)8-12(7-10)14-4-5-15-12/h4-9,13H2,1-3H3. The lowest BCUT2D eigenvalue weighted by molar-refractivity contribution is -0.222. The van der Waals surface area contributed by atoms with Crippen molar-refractivity contribution in [3.8, 4) is 0 Å². The largest absolute Gasteiger partial charge is 0.347 e. The lowest BCUT2D eigenvalue weighted by Gasteiger charge is -2.50. The number of nitrogens with two attached hydrogens (primary N) is 1. The van der Waals surface area contributed by atoms with Gasteiger partial charge in [-0.25, -0.2) is 0 Å². The summed E-state index contributed by atoms with van der Waals surface area (Å²) in [7, 11) is 0. The van der Waals surface area contributed by atoms with Crippen molar-refractivity contribution < 1.29 is 9.47 Å². The molecule has 1 aliphatic heterocycles. The maximum atomic E-state index is 5.90. The zero-order valence-electron chi connectivity index (χ0n) is 10.1. The quantitative estimate of drug-likeness (QED) is 0.723. The molecule has 1 spiro atoms. The number of rotatable bonds is 1. The van der Waals surface area contributed by atoms with Crippen LogP contribution in [0, 0.1) is 10.8 Å². The molecule has 1 saturated carbocycles. The van der Waals surface area contributed by atoms with Crippen LogP contribution in [0.25, 0.3) is 0 Å². The van der Waals surface area contributed by atoms with Crippen LogP contribution in [-0.2, 0) is 9.47 Å². The number of ether oxygens (including phenoxy) is 2. The van der Waals surface area contributed by atoms with Crippen molar-refractivity contribution in [2.75, 3.05) is 19.8 Å². The van der Waals surface area contributed by atoms with Crippen LogP contribution in [0.5, 0.6) is 0 Å². The minimum atomic E-state index is -0.337. The summed E-state index contributed by atoms with van der Waals surface area (Å²) in [5.41, 5.74) is 6.32. The second-order valence-corrected chi connectivity index (χ2v) is 6.32. The van der Waals surface area contributed by atoms with Gasteiger partial charge in [0, 0.05) is 12.8 Å². The average molecular weight is 213 g/mol. The first kappa shape index (κ1) is 11.4. The SMILES string of the molecule is CC1(C)CC(C)(CN)CC2(C1)OCCO2. The Morgan fingerprint density at radius 3 is 2.13 bits per heavy atom. The van der Waals surface area contributed by atoms with E-state index in [0.717, 1.165) is 32.5 Å². The van der Waals surface area contributed by atoms with Gasteiger partial charge in [0.15, 0.2) is 5.79 Å².